The van der Waals surface area contributed by atoms with Crippen LogP contribution in [0.3, 0.4) is 0 Å². The third-order valence-corrected chi connectivity index (χ3v) is 4.19. The molecule has 0 aromatic carbocycles. The number of hydrogen-bond acceptors (Lipinski definition) is 5. The first kappa shape index (κ1) is 15.9. The standard InChI is InChI=1S/C16H24N4S/c1-12-15(21-11-18-12)10-20(5)14-6-7-17-13(8-14)9-19-16(2,3)4/h6-8,11,19H,9-10H2,1-5H3. The maximum atomic E-state index is 4.44. The van der Waals surface area contributed by atoms with Crippen molar-refractivity contribution >= 4 is 17.0 Å². The van der Waals surface area contributed by atoms with Crippen molar-refractivity contribution in [3.63, 3.8) is 0 Å². The number of hydrogen-bond donors (Lipinski definition) is 1. The highest BCUT2D eigenvalue weighted by atomic mass is 32.1. The summed E-state index contributed by atoms with van der Waals surface area (Å²) in [5, 5.41) is 3.47. The minimum atomic E-state index is 0.101. The summed E-state index contributed by atoms with van der Waals surface area (Å²) < 4.78 is 0. The Bertz CT molecular complexity index is 586. The normalized spacial score (nSPS) is 11.7. The zero-order chi connectivity index (χ0) is 15.5. The molecule has 5 heteroatoms. The smallest absolute Gasteiger partial charge is 0.0798 e. The Morgan fingerprint density at radius 3 is 2.67 bits per heavy atom. The SMILES string of the molecule is Cc1ncsc1CN(C)c1ccnc(CNC(C)(C)C)c1. The molecule has 2 aromatic heterocycles. The van der Waals surface area contributed by atoms with Gasteiger partial charge in [0.1, 0.15) is 0 Å². The van der Waals surface area contributed by atoms with Crippen LogP contribution in [0.15, 0.2) is 23.8 Å². The number of aromatic nitrogens is 2. The van der Waals surface area contributed by atoms with Crippen LogP contribution < -0.4 is 10.2 Å². The molecule has 0 fully saturated rings. The number of pyridine rings is 1. The van der Waals surface area contributed by atoms with Crippen LogP contribution in [0.2, 0.25) is 0 Å². The molecule has 1 N–H and O–H groups in total. The van der Waals surface area contributed by atoms with Crippen molar-refractivity contribution in [2.24, 2.45) is 0 Å². The molecule has 2 heterocycles. The summed E-state index contributed by atoms with van der Waals surface area (Å²) >= 11 is 1.71. The molecule has 4 nitrogen and oxygen atoms in total. The summed E-state index contributed by atoms with van der Waals surface area (Å²) in [6.07, 6.45) is 1.88. The minimum absolute atomic E-state index is 0.101. The second-order valence-corrected chi connectivity index (χ2v) is 7.27. The lowest BCUT2D eigenvalue weighted by Crippen LogP contribution is -2.35. The summed E-state index contributed by atoms with van der Waals surface area (Å²) in [6.45, 7) is 10.2. The van der Waals surface area contributed by atoms with E-state index in [2.05, 4.69) is 67.1 Å². The van der Waals surface area contributed by atoms with Gasteiger partial charge < -0.3 is 10.2 Å². The van der Waals surface area contributed by atoms with Gasteiger partial charge in [0.2, 0.25) is 0 Å². The molecule has 0 radical (unpaired) electrons. The molecule has 2 rings (SSSR count). The predicted molar refractivity (Wildman–Crippen MR) is 89.8 cm³/mol. The second kappa shape index (κ2) is 6.54. The maximum absolute atomic E-state index is 4.44. The average molecular weight is 304 g/mol. The quantitative estimate of drug-likeness (QED) is 0.919. The van der Waals surface area contributed by atoms with Crippen LogP contribution in [0.25, 0.3) is 0 Å². The fraction of sp³-hybridized carbons (Fsp3) is 0.500. The molecule has 0 unspecified atom stereocenters. The number of nitrogens with zero attached hydrogens (tertiary/aromatic N) is 3. The lowest BCUT2D eigenvalue weighted by molar-refractivity contribution is 0.421. The van der Waals surface area contributed by atoms with Crippen LogP contribution >= 0.6 is 11.3 Å². The summed E-state index contributed by atoms with van der Waals surface area (Å²) in [5.74, 6) is 0. The lowest BCUT2D eigenvalue weighted by Gasteiger charge is -2.22. The van der Waals surface area contributed by atoms with E-state index in [9.17, 15) is 0 Å². The third kappa shape index (κ3) is 4.79. The van der Waals surface area contributed by atoms with E-state index in [4.69, 9.17) is 0 Å². The number of rotatable bonds is 5. The monoisotopic (exact) mass is 304 g/mol. The van der Waals surface area contributed by atoms with E-state index in [1.807, 2.05) is 11.7 Å². The van der Waals surface area contributed by atoms with E-state index in [-0.39, 0.29) is 5.54 Å². The highest BCUT2D eigenvalue weighted by molar-refractivity contribution is 7.09. The van der Waals surface area contributed by atoms with Gasteiger partial charge in [-0.15, -0.1) is 11.3 Å². The van der Waals surface area contributed by atoms with Gasteiger partial charge in [0.15, 0.2) is 0 Å². The number of thiazole rings is 1. The minimum Gasteiger partial charge on any atom is -0.369 e. The second-order valence-electron chi connectivity index (χ2n) is 6.33. The van der Waals surface area contributed by atoms with Gasteiger partial charge in [-0.3, -0.25) is 4.98 Å². The predicted octanol–water partition coefficient (Wildman–Crippen LogP) is 3.37. The molecule has 0 saturated carbocycles. The molecule has 0 spiro atoms. The van der Waals surface area contributed by atoms with Crippen molar-refractivity contribution in [2.75, 3.05) is 11.9 Å². The van der Waals surface area contributed by atoms with Gasteiger partial charge in [-0.1, -0.05) is 0 Å². The first-order valence-corrected chi connectivity index (χ1v) is 8.03. The van der Waals surface area contributed by atoms with Crippen LogP contribution in [-0.4, -0.2) is 22.6 Å². The molecular formula is C16H24N4S. The van der Waals surface area contributed by atoms with Gasteiger partial charge in [-0.05, 0) is 39.8 Å². The van der Waals surface area contributed by atoms with Crippen molar-refractivity contribution in [2.45, 2.75) is 46.3 Å². The Labute approximate surface area is 131 Å². The highest BCUT2D eigenvalue weighted by Crippen LogP contribution is 2.20. The van der Waals surface area contributed by atoms with E-state index in [1.54, 1.807) is 11.3 Å². The van der Waals surface area contributed by atoms with Gasteiger partial charge in [0.05, 0.1) is 23.4 Å². The Morgan fingerprint density at radius 2 is 2.05 bits per heavy atom. The van der Waals surface area contributed by atoms with Gasteiger partial charge in [0, 0.05) is 35.9 Å². The maximum Gasteiger partial charge on any atom is 0.0798 e. The van der Waals surface area contributed by atoms with Crippen LogP contribution in [0, 0.1) is 6.92 Å². The average Bonchev–Trinajstić information content (AvgIpc) is 2.81. The van der Waals surface area contributed by atoms with Gasteiger partial charge in [0.25, 0.3) is 0 Å². The summed E-state index contributed by atoms with van der Waals surface area (Å²) in [7, 11) is 2.11. The zero-order valence-corrected chi connectivity index (χ0v) is 14.3. The van der Waals surface area contributed by atoms with Gasteiger partial charge >= 0.3 is 0 Å². The Hall–Kier alpha value is -1.46. The van der Waals surface area contributed by atoms with Crippen molar-refractivity contribution < 1.29 is 0 Å². The van der Waals surface area contributed by atoms with Crippen molar-refractivity contribution in [1.29, 1.82) is 0 Å². The molecule has 114 valence electrons. The Morgan fingerprint density at radius 1 is 1.29 bits per heavy atom. The molecule has 0 bridgehead atoms. The highest BCUT2D eigenvalue weighted by Gasteiger charge is 2.11. The van der Waals surface area contributed by atoms with E-state index in [1.165, 1.54) is 10.6 Å². The fourth-order valence-electron chi connectivity index (χ4n) is 1.94. The van der Waals surface area contributed by atoms with Crippen molar-refractivity contribution in [3.05, 3.63) is 40.1 Å². The first-order valence-electron chi connectivity index (χ1n) is 7.15. The molecule has 0 aliphatic heterocycles. The topological polar surface area (TPSA) is 41.1 Å². The summed E-state index contributed by atoms with van der Waals surface area (Å²) in [6, 6.07) is 4.20. The van der Waals surface area contributed by atoms with Crippen molar-refractivity contribution in [1.82, 2.24) is 15.3 Å². The van der Waals surface area contributed by atoms with Gasteiger partial charge in [-0.25, -0.2) is 4.98 Å². The molecule has 0 saturated heterocycles. The molecule has 0 atom stereocenters. The Balaban J connectivity index is 2.04. The van der Waals surface area contributed by atoms with Crippen LogP contribution in [-0.2, 0) is 13.1 Å². The summed E-state index contributed by atoms with van der Waals surface area (Å²) in [5.41, 5.74) is 5.38. The molecule has 2 aromatic rings. The summed E-state index contributed by atoms with van der Waals surface area (Å²) in [4.78, 5) is 12.3. The number of anilines is 1. The molecule has 0 aliphatic rings. The van der Waals surface area contributed by atoms with Crippen molar-refractivity contribution in [3.8, 4) is 0 Å². The van der Waals surface area contributed by atoms with E-state index in [0.29, 0.717) is 0 Å². The molecule has 21 heavy (non-hydrogen) atoms. The van der Waals surface area contributed by atoms with Crippen LogP contribution in [0.4, 0.5) is 5.69 Å². The van der Waals surface area contributed by atoms with Gasteiger partial charge in [-0.2, -0.15) is 0 Å². The number of nitrogens with one attached hydrogen (secondary N) is 1. The zero-order valence-electron chi connectivity index (χ0n) is 13.5. The van der Waals surface area contributed by atoms with E-state index in [0.717, 1.165) is 24.5 Å². The molecule has 0 amide bonds. The number of aryl methyl sites for hydroxylation is 1. The molecular weight excluding hydrogens is 280 g/mol. The largest absolute Gasteiger partial charge is 0.369 e. The van der Waals surface area contributed by atoms with E-state index >= 15 is 0 Å². The first-order chi connectivity index (χ1) is 9.85. The van der Waals surface area contributed by atoms with Crippen LogP contribution in [0.1, 0.15) is 37.0 Å². The van der Waals surface area contributed by atoms with Crippen LogP contribution in [0.5, 0.6) is 0 Å². The molecule has 0 aliphatic carbocycles. The third-order valence-electron chi connectivity index (χ3n) is 3.27. The van der Waals surface area contributed by atoms with E-state index < -0.39 is 0 Å². The lowest BCUT2D eigenvalue weighted by atomic mass is 10.1. The fourth-order valence-corrected chi connectivity index (χ4v) is 2.77. The Kier molecular flexibility index (Phi) is 4.96.